The molecule has 1 amide bonds. The molecule has 0 aliphatic carbocycles. The van der Waals surface area contributed by atoms with Crippen LogP contribution in [0.3, 0.4) is 0 Å². The molecule has 1 saturated heterocycles. The highest BCUT2D eigenvalue weighted by Gasteiger charge is 2.21. The minimum absolute atomic E-state index is 0.00758. The highest BCUT2D eigenvalue weighted by molar-refractivity contribution is 7.89. The van der Waals surface area contributed by atoms with Crippen molar-refractivity contribution < 1.29 is 13.2 Å². The number of amides is 1. The van der Waals surface area contributed by atoms with Crippen LogP contribution in [-0.2, 0) is 21.4 Å². The molecule has 7 heteroatoms. The Kier molecular flexibility index (Phi) is 7.05. The maximum atomic E-state index is 12.4. The van der Waals surface area contributed by atoms with Gasteiger partial charge in [-0.3, -0.25) is 9.69 Å². The largest absolute Gasteiger partial charge is 0.340 e. The van der Waals surface area contributed by atoms with Gasteiger partial charge < -0.3 is 4.90 Å². The van der Waals surface area contributed by atoms with Gasteiger partial charge in [0.05, 0.1) is 4.90 Å². The van der Waals surface area contributed by atoms with Gasteiger partial charge in [-0.1, -0.05) is 47.5 Å². The summed E-state index contributed by atoms with van der Waals surface area (Å²) in [5.74, 6) is -0.00758. The lowest BCUT2D eigenvalue weighted by atomic mass is 10.1. The molecule has 0 bridgehead atoms. The lowest BCUT2D eigenvalue weighted by molar-refractivity contribution is -0.132. The number of benzene rings is 2. The average molecular weight is 416 g/mol. The quantitative estimate of drug-likeness (QED) is 0.754. The van der Waals surface area contributed by atoms with Crippen LogP contribution in [0.2, 0.25) is 0 Å². The first-order chi connectivity index (χ1) is 13.8. The second-order valence-corrected chi connectivity index (χ2v) is 9.37. The molecule has 6 nitrogen and oxygen atoms in total. The monoisotopic (exact) mass is 415 g/mol. The molecule has 0 aromatic heterocycles. The van der Waals surface area contributed by atoms with E-state index in [1.165, 1.54) is 11.1 Å². The summed E-state index contributed by atoms with van der Waals surface area (Å²) in [6.07, 6.45) is 0.170. The van der Waals surface area contributed by atoms with Gasteiger partial charge in [-0.05, 0) is 31.5 Å². The van der Waals surface area contributed by atoms with Crippen LogP contribution in [0.1, 0.15) is 23.1 Å². The van der Waals surface area contributed by atoms with Crippen LogP contribution in [0.5, 0.6) is 0 Å². The molecule has 2 aromatic carbocycles. The van der Waals surface area contributed by atoms with Gasteiger partial charge in [-0.25, -0.2) is 13.1 Å². The van der Waals surface area contributed by atoms with Gasteiger partial charge in [0, 0.05) is 45.7 Å². The molecule has 156 valence electrons. The predicted octanol–water partition coefficient (Wildman–Crippen LogP) is 2.32. The maximum Gasteiger partial charge on any atom is 0.240 e. The summed E-state index contributed by atoms with van der Waals surface area (Å²) in [6, 6.07) is 15.2. The van der Waals surface area contributed by atoms with Gasteiger partial charge in [0.25, 0.3) is 0 Å². The normalized spacial score (nSPS) is 15.4. The number of hydrogen-bond donors (Lipinski definition) is 1. The van der Waals surface area contributed by atoms with Crippen molar-refractivity contribution in [2.24, 2.45) is 0 Å². The van der Waals surface area contributed by atoms with Gasteiger partial charge in [0.15, 0.2) is 0 Å². The second-order valence-electron chi connectivity index (χ2n) is 7.61. The van der Waals surface area contributed by atoms with Gasteiger partial charge >= 0.3 is 0 Å². The highest BCUT2D eigenvalue weighted by atomic mass is 32.2. The van der Waals surface area contributed by atoms with Gasteiger partial charge in [0.1, 0.15) is 0 Å². The zero-order valence-electron chi connectivity index (χ0n) is 17.1. The molecule has 1 N–H and O–H groups in total. The van der Waals surface area contributed by atoms with Crippen LogP contribution in [0.15, 0.2) is 53.4 Å². The van der Waals surface area contributed by atoms with Crippen LogP contribution in [-0.4, -0.2) is 56.8 Å². The third-order valence-electron chi connectivity index (χ3n) is 5.18. The summed E-state index contributed by atoms with van der Waals surface area (Å²) in [7, 11) is -3.58. The Labute approximate surface area is 173 Å². The van der Waals surface area contributed by atoms with Crippen molar-refractivity contribution in [1.82, 2.24) is 14.5 Å². The fourth-order valence-electron chi connectivity index (χ4n) is 3.48. The molecule has 0 saturated carbocycles. The molecule has 1 heterocycles. The summed E-state index contributed by atoms with van der Waals surface area (Å²) in [5, 5.41) is 0. The summed E-state index contributed by atoms with van der Waals surface area (Å²) < 4.78 is 27.1. The summed E-state index contributed by atoms with van der Waals surface area (Å²) in [5.41, 5.74) is 3.54. The van der Waals surface area contributed by atoms with Crippen molar-refractivity contribution in [2.75, 3.05) is 32.7 Å². The summed E-state index contributed by atoms with van der Waals surface area (Å²) in [6.45, 7) is 8.00. The number of rotatable bonds is 7. The number of nitrogens with one attached hydrogen (secondary N) is 1. The number of aryl methyl sites for hydroxylation is 2. The van der Waals surface area contributed by atoms with E-state index in [9.17, 15) is 13.2 Å². The van der Waals surface area contributed by atoms with E-state index in [1.54, 1.807) is 24.3 Å². The van der Waals surface area contributed by atoms with Crippen LogP contribution in [0.4, 0.5) is 0 Å². The molecule has 0 unspecified atom stereocenters. The first-order valence-electron chi connectivity index (χ1n) is 9.95. The van der Waals surface area contributed by atoms with Gasteiger partial charge in [0.2, 0.25) is 15.9 Å². The van der Waals surface area contributed by atoms with E-state index < -0.39 is 10.0 Å². The number of sulfonamides is 1. The third kappa shape index (κ3) is 6.13. The van der Waals surface area contributed by atoms with Crippen LogP contribution < -0.4 is 4.72 Å². The molecule has 2 aromatic rings. The predicted molar refractivity (Wildman–Crippen MR) is 114 cm³/mol. The molecule has 1 aliphatic rings. The van der Waals surface area contributed by atoms with Crippen molar-refractivity contribution >= 4 is 15.9 Å². The topological polar surface area (TPSA) is 69.7 Å². The van der Waals surface area contributed by atoms with Crippen molar-refractivity contribution in [2.45, 2.75) is 31.7 Å². The van der Waals surface area contributed by atoms with E-state index in [0.29, 0.717) is 13.1 Å². The lowest BCUT2D eigenvalue weighted by Crippen LogP contribution is -2.48. The zero-order chi connectivity index (χ0) is 20.9. The van der Waals surface area contributed by atoms with E-state index in [1.807, 2.05) is 11.8 Å². The molecule has 1 aliphatic heterocycles. The lowest BCUT2D eigenvalue weighted by Gasteiger charge is -2.35. The number of carbonyl (C=O) groups excluding carboxylic acids is 1. The van der Waals surface area contributed by atoms with E-state index in [4.69, 9.17) is 0 Å². The van der Waals surface area contributed by atoms with Crippen molar-refractivity contribution in [3.8, 4) is 0 Å². The van der Waals surface area contributed by atoms with Gasteiger partial charge in [-0.2, -0.15) is 0 Å². The number of hydrogen-bond acceptors (Lipinski definition) is 4. The molecule has 0 radical (unpaired) electrons. The minimum atomic E-state index is -3.58. The van der Waals surface area contributed by atoms with E-state index in [-0.39, 0.29) is 23.8 Å². The van der Waals surface area contributed by atoms with Crippen LogP contribution in [0.25, 0.3) is 0 Å². The Morgan fingerprint density at radius 3 is 2.31 bits per heavy atom. The molecular formula is C22H29N3O3S. The Morgan fingerprint density at radius 1 is 0.966 bits per heavy atom. The van der Waals surface area contributed by atoms with E-state index >= 15 is 0 Å². The van der Waals surface area contributed by atoms with Crippen LogP contribution >= 0.6 is 0 Å². The fourth-order valence-corrected chi connectivity index (χ4v) is 4.51. The fraction of sp³-hybridized carbons (Fsp3) is 0.409. The molecule has 0 atom stereocenters. The Balaban J connectivity index is 1.42. The smallest absolute Gasteiger partial charge is 0.240 e. The standard InChI is InChI=1S/C22H29N3O3S/c1-18-6-8-21(9-7-18)29(27,28)23-11-10-22(26)25-14-12-24(13-15-25)17-20-5-3-4-19(2)16-20/h3-9,16,23H,10-15,17H2,1-2H3. The Bertz CT molecular complexity index is 934. The average Bonchev–Trinajstić information content (AvgIpc) is 2.69. The highest BCUT2D eigenvalue weighted by Crippen LogP contribution is 2.12. The molecule has 3 rings (SSSR count). The Morgan fingerprint density at radius 2 is 1.66 bits per heavy atom. The zero-order valence-corrected chi connectivity index (χ0v) is 17.9. The second kappa shape index (κ2) is 9.52. The molecular weight excluding hydrogens is 386 g/mol. The first-order valence-corrected chi connectivity index (χ1v) is 11.4. The summed E-state index contributed by atoms with van der Waals surface area (Å²) >= 11 is 0. The number of carbonyl (C=O) groups is 1. The van der Waals surface area contributed by atoms with Crippen molar-refractivity contribution in [3.05, 3.63) is 65.2 Å². The number of piperazine rings is 1. The molecule has 1 fully saturated rings. The third-order valence-corrected chi connectivity index (χ3v) is 6.65. The van der Waals surface area contributed by atoms with Crippen LogP contribution in [0, 0.1) is 13.8 Å². The maximum absolute atomic E-state index is 12.4. The van der Waals surface area contributed by atoms with Crippen molar-refractivity contribution in [1.29, 1.82) is 0 Å². The molecule has 29 heavy (non-hydrogen) atoms. The number of nitrogens with zero attached hydrogens (tertiary/aromatic N) is 2. The first kappa shape index (κ1) is 21.5. The van der Waals surface area contributed by atoms with Crippen molar-refractivity contribution in [3.63, 3.8) is 0 Å². The summed E-state index contributed by atoms with van der Waals surface area (Å²) in [4.78, 5) is 16.8. The Hall–Kier alpha value is -2.22. The minimum Gasteiger partial charge on any atom is -0.340 e. The van der Waals surface area contributed by atoms with Gasteiger partial charge in [-0.15, -0.1) is 0 Å². The van der Waals surface area contributed by atoms with E-state index in [0.717, 1.165) is 25.2 Å². The SMILES string of the molecule is Cc1ccc(S(=O)(=O)NCCC(=O)N2CCN(Cc3cccc(C)c3)CC2)cc1. The molecule has 0 spiro atoms. The van der Waals surface area contributed by atoms with E-state index in [2.05, 4.69) is 40.8 Å².